The van der Waals surface area contributed by atoms with Gasteiger partial charge >= 0.3 is 5.97 Å². The Balaban J connectivity index is 1.93. The van der Waals surface area contributed by atoms with E-state index < -0.39 is 0 Å². The van der Waals surface area contributed by atoms with Gasteiger partial charge in [0.15, 0.2) is 5.69 Å². The largest absolute Gasteiger partial charge is 0.461 e. The first-order chi connectivity index (χ1) is 10.6. The standard InChI is InChI=1S/C16H26N4O2/c1-4-22-16(21)15-13-11-19(3)10-7-14(13)20(17-15)12-5-8-18(2)9-6-12/h12H,4-11H2,1-3H3. The summed E-state index contributed by atoms with van der Waals surface area (Å²) in [6.45, 7) is 6.22. The summed E-state index contributed by atoms with van der Waals surface area (Å²) in [5, 5.41) is 4.69. The van der Waals surface area contributed by atoms with Gasteiger partial charge in [0.05, 0.1) is 12.6 Å². The maximum absolute atomic E-state index is 12.2. The van der Waals surface area contributed by atoms with Crippen LogP contribution in [0.15, 0.2) is 0 Å². The predicted molar refractivity (Wildman–Crippen MR) is 84.0 cm³/mol. The van der Waals surface area contributed by atoms with Crippen LogP contribution in [0, 0.1) is 0 Å². The minimum absolute atomic E-state index is 0.277. The molecule has 1 saturated heterocycles. The normalized spacial score (nSPS) is 20.9. The Bertz CT molecular complexity index is 547. The molecule has 3 heterocycles. The number of hydrogen-bond donors (Lipinski definition) is 0. The molecule has 6 nitrogen and oxygen atoms in total. The number of aromatic nitrogens is 2. The first-order valence-corrected chi connectivity index (χ1v) is 8.24. The van der Waals surface area contributed by atoms with Gasteiger partial charge in [-0.2, -0.15) is 5.10 Å². The van der Waals surface area contributed by atoms with Crippen LogP contribution in [-0.2, 0) is 17.7 Å². The van der Waals surface area contributed by atoms with Crippen LogP contribution in [0.4, 0.5) is 0 Å². The molecular weight excluding hydrogens is 280 g/mol. The molecule has 0 aromatic carbocycles. The minimum Gasteiger partial charge on any atom is -0.461 e. The summed E-state index contributed by atoms with van der Waals surface area (Å²) in [5.41, 5.74) is 2.85. The summed E-state index contributed by atoms with van der Waals surface area (Å²) in [4.78, 5) is 16.8. The van der Waals surface area contributed by atoms with E-state index in [9.17, 15) is 4.79 Å². The highest BCUT2D eigenvalue weighted by Crippen LogP contribution is 2.29. The van der Waals surface area contributed by atoms with E-state index in [1.807, 2.05) is 6.92 Å². The van der Waals surface area contributed by atoms with E-state index in [-0.39, 0.29) is 5.97 Å². The van der Waals surface area contributed by atoms with Crippen molar-refractivity contribution in [1.82, 2.24) is 19.6 Å². The molecule has 6 heteroatoms. The number of ether oxygens (including phenoxy) is 1. The smallest absolute Gasteiger partial charge is 0.359 e. The number of hydrogen-bond acceptors (Lipinski definition) is 5. The minimum atomic E-state index is -0.277. The maximum Gasteiger partial charge on any atom is 0.359 e. The molecule has 0 N–H and O–H groups in total. The Morgan fingerprint density at radius 3 is 2.64 bits per heavy atom. The first kappa shape index (κ1) is 15.5. The fourth-order valence-electron chi connectivity index (χ4n) is 3.49. The number of nitrogens with zero attached hydrogens (tertiary/aromatic N) is 4. The molecule has 2 aliphatic rings. The van der Waals surface area contributed by atoms with Gasteiger partial charge in [-0.05, 0) is 47.0 Å². The number of likely N-dealkylation sites (N-methyl/N-ethyl adjacent to an activating group) is 1. The lowest BCUT2D eigenvalue weighted by Gasteiger charge is -2.31. The molecule has 0 saturated carbocycles. The van der Waals surface area contributed by atoms with E-state index in [1.165, 1.54) is 5.69 Å². The Labute approximate surface area is 132 Å². The molecule has 1 fully saturated rings. The van der Waals surface area contributed by atoms with Crippen LogP contribution in [0.25, 0.3) is 0 Å². The second kappa shape index (κ2) is 6.38. The molecule has 0 unspecified atom stereocenters. The molecule has 22 heavy (non-hydrogen) atoms. The molecule has 1 aromatic heterocycles. The van der Waals surface area contributed by atoms with E-state index in [0.717, 1.165) is 51.0 Å². The highest BCUT2D eigenvalue weighted by atomic mass is 16.5. The Kier molecular flexibility index (Phi) is 4.49. The second-order valence-electron chi connectivity index (χ2n) is 6.46. The Hall–Kier alpha value is -1.40. The van der Waals surface area contributed by atoms with Gasteiger partial charge in [0.1, 0.15) is 0 Å². The molecule has 0 atom stereocenters. The van der Waals surface area contributed by atoms with Gasteiger partial charge in [0.25, 0.3) is 0 Å². The highest BCUT2D eigenvalue weighted by molar-refractivity contribution is 5.89. The summed E-state index contributed by atoms with van der Waals surface area (Å²) in [6, 6.07) is 0.413. The monoisotopic (exact) mass is 306 g/mol. The Morgan fingerprint density at radius 2 is 1.95 bits per heavy atom. The summed E-state index contributed by atoms with van der Waals surface area (Å²) < 4.78 is 7.35. The van der Waals surface area contributed by atoms with Crippen molar-refractivity contribution in [3.63, 3.8) is 0 Å². The molecule has 0 radical (unpaired) electrons. The average molecular weight is 306 g/mol. The van der Waals surface area contributed by atoms with Gasteiger partial charge in [-0.3, -0.25) is 4.68 Å². The second-order valence-corrected chi connectivity index (χ2v) is 6.46. The lowest BCUT2D eigenvalue weighted by atomic mass is 10.0. The molecular formula is C16H26N4O2. The number of carbonyl (C=O) groups excluding carboxylic acids is 1. The van der Waals surface area contributed by atoms with Crippen molar-refractivity contribution in [2.45, 2.75) is 38.8 Å². The molecule has 1 aromatic rings. The van der Waals surface area contributed by atoms with Crippen molar-refractivity contribution in [3.05, 3.63) is 17.0 Å². The zero-order chi connectivity index (χ0) is 15.7. The molecule has 0 aliphatic carbocycles. The number of carbonyl (C=O) groups is 1. The highest BCUT2D eigenvalue weighted by Gasteiger charge is 2.31. The van der Waals surface area contributed by atoms with Gasteiger partial charge in [0.2, 0.25) is 0 Å². The lowest BCUT2D eigenvalue weighted by molar-refractivity contribution is 0.0515. The van der Waals surface area contributed by atoms with Gasteiger partial charge in [-0.1, -0.05) is 0 Å². The number of rotatable bonds is 3. The van der Waals surface area contributed by atoms with E-state index in [1.54, 1.807) is 0 Å². The molecule has 3 rings (SSSR count). The predicted octanol–water partition coefficient (Wildman–Crippen LogP) is 1.31. The van der Waals surface area contributed by atoms with Gasteiger partial charge in [0, 0.05) is 30.8 Å². The van der Waals surface area contributed by atoms with Crippen LogP contribution in [0.2, 0.25) is 0 Å². The third kappa shape index (κ3) is 2.90. The topological polar surface area (TPSA) is 50.6 Å². The van der Waals surface area contributed by atoms with E-state index in [2.05, 4.69) is 28.6 Å². The van der Waals surface area contributed by atoms with Crippen molar-refractivity contribution in [1.29, 1.82) is 0 Å². The quantitative estimate of drug-likeness (QED) is 0.788. The van der Waals surface area contributed by atoms with Crippen molar-refractivity contribution in [3.8, 4) is 0 Å². The molecule has 0 spiro atoms. The number of piperidine rings is 1. The van der Waals surface area contributed by atoms with E-state index in [4.69, 9.17) is 9.84 Å². The van der Waals surface area contributed by atoms with E-state index >= 15 is 0 Å². The maximum atomic E-state index is 12.2. The zero-order valence-corrected chi connectivity index (χ0v) is 13.8. The van der Waals surface area contributed by atoms with Crippen LogP contribution in [0.5, 0.6) is 0 Å². The van der Waals surface area contributed by atoms with Crippen LogP contribution in [-0.4, -0.2) is 65.9 Å². The zero-order valence-electron chi connectivity index (χ0n) is 13.8. The van der Waals surface area contributed by atoms with Crippen LogP contribution < -0.4 is 0 Å². The van der Waals surface area contributed by atoms with Crippen LogP contribution in [0.3, 0.4) is 0 Å². The summed E-state index contributed by atoms with van der Waals surface area (Å²) >= 11 is 0. The lowest BCUT2D eigenvalue weighted by Crippen LogP contribution is -2.33. The molecule has 2 aliphatic heterocycles. The van der Waals surface area contributed by atoms with Crippen LogP contribution in [0.1, 0.15) is 47.6 Å². The number of fused-ring (bicyclic) bond motifs is 1. The summed E-state index contributed by atoms with van der Waals surface area (Å²) in [5.74, 6) is -0.277. The third-order valence-corrected chi connectivity index (χ3v) is 4.78. The summed E-state index contributed by atoms with van der Waals surface area (Å²) in [7, 11) is 4.25. The fourth-order valence-corrected chi connectivity index (χ4v) is 3.49. The van der Waals surface area contributed by atoms with Crippen LogP contribution >= 0.6 is 0 Å². The molecule has 0 bridgehead atoms. The SMILES string of the molecule is CCOC(=O)c1nn(C2CCN(C)CC2)c2c1CN(C)CC2. The number of esters is 1. The van der Waals surface area contributed by atoms with Gasteiger partial charge < -0.3 is 14.5 Å². The fraction of sp³-hybridized carbons (Fsp3) is 0.750. The first-order valence-electron chi connectivity index (χ1n) is 8.24. The van der Waals surface area contributed by atoms with Crippen molar-refractivity contribution in [2.24, 2.45) is 0 Å². The third-order valence-electron chi connectivity index (χ3n) is 4.78. The average Bonchev–Trinajstić information content (AvgIpc) is 2.87. The Morgan fingerprint density at radius 1 is 1.23 bits per heavy atom. The summed E-state index contributed by atoms with van der Waals surface area (Å²) in [6.07, 6.45) is 3.16. The van der Waals surface area contributed by atoms with Crippen molar-refractivity contribution < 1.29 is 9.53 Å². The van der Waals surface area contributed by atoms with Crippen molar-refractivity contribution >= 4 is 5.97 Å². The number of likely N-dealkylation sites (tertiary alicyclic amines) is 1. The van der Waals surface area contributed by atoms with E-state index in [0.29, 0.717) is 18.3 Å². The van der Waals surface area contributed by atoms with Gasteiger partial charge in [-0.25, -0.2) is 4.79 Å². The molecule has 122 valence electrons. The van der Waals surface area contributed by atoms with Gasteiger partial charge in [-0.15, -0.1) is 0 Å². The van der Waals surface area contributed by atoms with Crippen molar-refractivity contribution in [2.75, 3.05) is 40.3 Å². The molecule has 0 amide bonds.